The van der Waals surface area contributed by atoms with Crippen molar-refractivity contribution in [1.82, 2.24) is 10.2 Å². The van der Waals surface area contributed by atoms with Crippen LogP contribution < -0.4 is 10.6 Å². The molecule has 0 aliphatic rings. The molecular formula is C38H49Br2N3O7. The maximum absolute atomic E-state index is 13.2. The first kappa shape index (κ1) is 42.4. The average molecular weight is 820 g/mol. The van der Waals surface area contributed by atoms with Crippen LogP contribution in [-0.2, 0) is 36.9 Å². The van der Waals surface area contributed by atoms with E-state index >= 15 is 0 Å². The Kier molecular flexibility index (Phi) is 16.1. The van der Waals surface area contributed by atoms with Gasteiger partial charge in [0, 0.05) is 33.3 Å². The summed E-state index contributed by atoms with van der Waals surface area (Å²) in [6.07, 6.45) is -0.580. The summed E-state index contributed by atoms with van der Waals surface area (Å²) >= 11 is 6.77. The SMILES string of the molecule is CC(C)(C)OC(=O)CN(Cc1ccc(Br)cc1)C(=O)c1ccc(NC(=O)OC(C)(C)C)cc1.CC(C)(C)OC(=O)CNCc1ccc(Br)cc1. The number of ether oxygens (including phenoxy) is 3. The second kappa shape index (κ2) is 19.0. The van der Waals surface area contributed by atoms with Gasteiger partial charge in [-0.1, -0.05) is 56.1 Å². The molecule has 2 amide bonds. The van der Waals surface area contributed by atoms with Crippen LogP contribution in [0.2, 0.25) is 0 Å². The molecule has 3 aromatic carbocycles. The Morgan fingerprint density at radius 1 is 0.620 bits per heavy atom. The Morgan fingerprint density at radius 3 is 1.56 bits per heavy atom. The normalized spacial score (nSPS) is 11.4. The Morgan fingerprint density at radius 2 is 1.08 bits per heavy atom. The molecule has 0 aliphatic heterocycles. The van der Waals surface area contributed by atoms with Gasteiger partial charge in [-0.05, 0) is 122 Å². The maximum Gasteiger partial charge on any atom is 0.412 e. The first-order chi connectivity index (χ1) is 23.1. The first-order valence-electron chi connectivity index (χ1n) is 16.1. The van der Waals surface area contributed by atoms with Crippen LogP contribution in [0.25, 0.3) is 0 Å². The Balaban J connectivity index is 0.000000428. The average Bonchev–Trinajstić information content (AvgIpc) is 2.96. The van der Waals surface area contributed by atoms with Crippen molar-refractivity contribution in [2.75, 3.05) is 18.4 Å². The van der Waals surface area contributed by atoms with Crippen LogP contribution in [0.1, 0.15) is 83.8 Å². The van der Waals surface area contributed by atoms with Gasteiger partial charge in [-0.25, -0.2) is 4.79 Å². The topological polar surface area (TPSA) is 123 Å². The van der Waals surface area contributed by atoms with E-state index < -0.39 is 28.9 Å². The number of carbonyl (C=O) groups excluding carboxylic acids is 4. The largest absolute Gasteiger partial charge is 0.459 e. The minimum absolute atomic E-state index is 0.190. The van der Waals surface area contributed by atoms with Gasteiger partial charge in [0.15, 0.2) is 0 Å². The van der Waals surface area contributed by atoms with Gasteiger partial charge in [-0.2, -0.15) is 0 Å². The second-order valence-electron chi connectivity index (χ2n) is 14.4. The highest BCUT2D eigenvalue weighted by molar-refractivity contribution is 9.10. The molecule has 0 aliphatic carbocycles. The van der Waals surface area contributed by atoms with Gasteiger partial charge in [0.2, 0.25) is 0 Å². The molecule has 0 unspecified atom stereocenters. The van der Waals surface area contributed by atoms with Crippen LogP contribution in [0.5, 0.6) is 0 Å². The molecular weight excluding hydrogens is 770 g/mol. The van der Waals surface area contributed by atoms with Crippen LogP contribution in [0.15, 0.2) is 81.7 Å². The minimum atomic E-state index is -0.654. The molecule has 0 spiro atoms. The fourth-order valence-corrected chi connectivity index (χ4v) is 4.66. The number of benzene rings is 3. The number of halogens is 2. The fourth-order valence-electron chi connectivity index (χ4n) is 4.13. The smallest absolute Gasteiger partial charge is 0.412 e. The quantitative estimate of drug-likeness (QED) is 0.154. The Hall–Kier alpha value is -3.74. The third-order valence-electron chi connectivity index (χ3n) is 6.02. The number of hydrogen-bond donors (Lipinski definition) is 2. The lowest BCUT2D eigenvalue weighted by Crippen LogP contribution is -2.38. The highest BCUT2D eigenvalue weighted by atomic mass is 79.9. The molecule has 3 rings (SSSR count). The van der Waals surface area contributed by atoms with Crippen molar-refractivity contribution in [3.63, 3.8) is 0 Å². The number of amides is 2. The number of anilines is 1. The molecule has 12 heteroatoms. The van der Waals surface area contributed by atoms with E-state index in [-0.39, 0.29) is 31.5 Å². The van der Waals surface area contributed by atoms with Crippen LogP contribution in [0.4, 0.5) is 10.5 Å². The lowest BCUT2D eigenvalue weighted by Gasteiger charge is -2.25. The number of nitrogens with zero attached hydrogens (tertiary/aromatic N) is 1. The van der Waals surface area contributed by atoms with E-state index in [2.05, 4.69) is 42.5 Å². The van der Waals surface area contributed by atoms with Crippen LogP contribution >= 0.6 is 31.9 Å². The lowest BCUT2D eigenvalue weighted by atomic mass is 10.1. The number of carbonyl (C=O) groups is 4. The van der Waals surface area contributed by atoms with Crippen molar-refractivity contribution in [3.8, 4) is 0 Å². The van der Waals surface area contributed by atoms with Crippen LogP contribution in [0, 0.1) is 0 Å². The summed E-state index contributed by atoms with van der Waals surface area (Å²) in [7, 11) is 0. The maximum atomic E-state index is 13.2. The van der Waals surface area contributed by atoms with Crippen molar-refractivity contribution in [2.24, 2.45) is 0 Å². The van der Waals surface area contributed by atoms with Crippen molar-refractivity contribution < 1.29 is 33.4 Å². The van der Waals surface area contributed by atoms with E-state index in [1.807, 2.05) is 69.3 Å². The van der Waals surface area contributed by atoms with Gasteiger partial charge in [0.1, 0.15) is 23.3 Å². The summed E-state index contributed by atoms with van der Waals surface area (Å²) in [6.45, 7) is 17.2. The molecule has 50 heavy (non-hydrogen) atoms. The Labute approximate surface area is 312 Å². The molecule has 0 saturated carbocycles. The van der Waals surface area contributed by atoms with E-state index in [0.717, 1.165) is 20.1 Å². The van der Waals surface area contributed by atoms with Gasteiger partial charge in [-0.15, -0.1) is 0 Å². The lowest BCUT2D eigenvalue weighted by molar-refractivity contribution is -0.156. The second-order valence-corrected chi connectivity index (χ2v) is 16.2. The summed E-state index contributed by atoms with van der Waals surface area (Å²) < 4.78 is 17.8. The van der Waals surface area contributed by atoms with Gasteiger partial charge < -0.3 is 24.4 Å². The highest BCUT2D eigenvalue weighted by Crippen LogP contribution is 2.18. The first-order valence-corrected chi connectivity index (χ1v) is 17.7. The molecule has 0 heterocycles. The highest BCUT2D eigenvalue weighted by Gasteiger charge is 2.24. The van der Waals surface area contributed by atoms with Crippen molar-refractivity contribution >= 4 is 61.5 Å². The van der Waals surface area contributed by atoms with E-state index in [1.54, 1.807) is 65.8 Å². The van der Waals surface area contributed by atoms with Crippen LogP contribution in [-0.4, -0.2) is 58.7 Å². The molecule has 0 saturated heterocycles. The summed E-state index contributed by atoms with van der Waals surface area (Å²) in [5.41, 5.74) is 1.19. The summed E-state index contributed by atoms with van der Waals surface area (Å²) in [5.74, 6) is -1.04. The van der Waals surface area contributed by atoms with E-state index in [1.165, 1.54) is 4.90 Å². The predicted molar refractivity (Wildman–Crippen MR) is 203 cm³/mol. The molecule has 272 valence electrons. The van der Waals surface area contributed by atoms with Gasteiger partial charge >= 0.3 is 18.0 Å². The molecule has 0 bridgehead atoms. The standard InChI is InChI=1S/C25H31BrN2O5.C13H18BrNO2/c1-24(2,3)32-21(29)16-28(15-17-7-11-19(26)12-8-17)22(30)18-9-13-20(14-10-18)27-23(31)33-25(4,5)6;1-13(2,3)17-12(16)9-15-8-10-4-6-11(14)7-5-10/h7-14H,15-16H2,1-6H3,(H,27,31);4-7,15H,8-9H2,1-3H3. The number of esters is 2. The number of nitrogens with one attached hydrogen (secondary N) is 2. The third kappa shape index (κ3) is 18.3. The van der Waals surface area contributed by atoms with E-state index in [9.17, 15) is 19.2 Å². The zero-order valence-electron chi connectivity index (χ0n) is 30.3. The van der Waals surface area contributed by atoms with E-state index in [4.69, 9.17) is 14.2 Å². The zero-order valence-corrected chi connectivity index (χ0v) is 33.5. The minimum Gasteiger partial charge on any atom is -0.459 e. The molecule has 0 radical (unpaired) electrons. The molecule has 3 aromatic rings. The van der Waals surface area contributed by atoms with E-state index in [0.29, 0.717) is 17.8 Å². The van der Waals surface area contributed by atoms with Crippen molar-refractivity contribution in [1.29, 1.82) is 0 Å². The predicted octanol–water partition coefficient (Wildman–Crippen LogP) is 8.66. The molecule has 2 N–H and O–H groups in total. The van der Waals surface area contributed by atoms with Gasteiger partial charge in [-0.3, -0.25) is 19.7 Å². The molecule has 0 fully saturated rings. The number of rotatable bonds is 10. The Bertz CT molecular complexity index is 1560. The number of hydrogen-bond acceptors (Lipinski definition) is 8. The monoisotopic (exact) mass is 817 g/mol. The zero-order chi connectivity index (χ0) is 37.7. The molecule has 0 atom stereocenters. The van der Waals surface area contributed by atoms with Gasteiger partial charge in [0.25, 0.3) is 5.91 Å². The van der Waals surface area contributed by atoms with Crippen LogP contribution in [0.3, 0.4) is 0 Å². The van der Waals surface area contributed by atoms with Crippen molar-refractivity contribution in [3.05, 3.63) is 98.4 Å². The third-order valence-corrected chi connectivity index (χ3v) is 7.08. The summed E-state index contributed by atoms with van der Waals surface area (Å²) in [5, 5.41) is 5.69. The summed E-state index contributed by atoms with van der Waals surface area (Å²) in [6, 6.07) is 21.9. The fraction of sp³-hybridized carbons (Fsp3) is 0.421. The van der Waals surface area contributed by atoms with Gasteiger partial charge in [0.05, 0.1) is 6.54 Å². The summed E-state index contributed by atoms with van der Waals surface area (Å²) in [4.78, 5) is 50.5. The molecule has 0 aromatic heterocycles. The van der Waals surface area contributed by atoms with Crippen molar-refractivity contribution in [2.45, 2.75) is 92.2 Å². The molecule has 10 nitrogen and oxygen atoms in total.